The molecule has 1 N–H and O–H groups in total. The molecule has 0 aromatic heterocycles. The number of nitrogens with one attached hydrogen (secondary N) is 1. The molecular weight excluding hydrogens is 183 g/mol. The van der Waals surface area contributed by atoms with Crippen molar-refractivity contribution in [2.45, 2.75) is 13.8 Å². The van der Waals surface area contributed by atoms with Crippen molar-refractivity contribution in [2.75, 3.05) is 39.3 Å². The van der Waals surface area contributed by atoms with Gasteiger partial charge in [0, 0.05) is 39.3 Å². The van der Waals surface area contributed by atoms with Crippen LogP contribution in [0.1, 0.15) is 13.8 Å². The van der Waals surface area contributed by atoms with E-state index >= 15 is 0 Å². The Kier molecular flexibility index (Phi) is 2.49. The first-order valence-corrected chi connectivity index (χ1v) is 6.78. The summed E-state index contributed by atoms with van der Waals surface area (Å²) in [6.07, 6.45) is 0. The summed E-state index contributed by atoms with van der Waals surface area (Å²) in [5.74, 6) is 0. The average molecular weight is 202 g/mol. The average Bonchev–Trinajstić information content (AvgIpc) is 2.98. The van der Waals surface area contributed by atoms with Gasteiger partial charge < -0.3 is 0 Å². The van der Waals surface area contributed by atoms with Gasteiger partial charge >= 0.3 is 0 Å². The number of nitrogens with zero attached hydrogens (tertiary/aromatic N) is 3. The molecule has 0 aliphatic carbocycles. The molecule has 76 valence electrons. The molecule has 2 saturated heterocycles. The number of hydrogen-bond acceptors (Lipinski definition) is 1. The van der Waals surface area contributed by atoms with E-state index in [1.807, 2.05) is 0 Å². The molecule has 0 radical (unpaired) electrons. The molecule has 4 nitrogen and oxygen atoms in total. The van der Waals surface area contributed by atoms with Gasteiger partial charge in [-0.1, -0.05) is 13.8 Å². The molecule has 0 saturated carbocycles. The largest absolute Gasteiger partial charge is 0.277 e. The lowest BCUT2D eigenvalue weighted by Gasteiger charge is -2.35. The van der Waals surface area contributed by atoms with E-state index in [4.69, 9.17) is 5.16 Å². The van der Waals surface area contributed by atoms with Crippen LogP contribution in [0.25, 0.3) is 0 Å². The van der Waals surface area contributed by atoms with Gasteiger partial charge in [0.1, 0.15) is 0 Å². The highest BCUT2D eigenvalue weighted by Crippen LogP contribution is 2.62. The zero-order chi connectivity index (χ0) is 9.47. The van der Waals surface area contributed by atoms with Crippen LogP contribution in [0.3, 0.4) is 0 Å². The van der Waals surface area contributed by atoms with E-state index in [0.29, 0.717) is 0 Å². The number of rotatable bonds is 5. The van der Waals surface area contributed by atoms with Gasteiger partial charge in [-0.2, -0.15) is 0 Å². The highest BCUT2D eigenvalue weighted by atomic mass is 31.2. The van der Waals surface area contributed by atoms with Crippen molar-refractivity contribution in [3.05, 3.63) is 0 Å². The van der Waals surface area contributed by atoms with E-state index < -0.39 is 7.51 Å². The quantitative estimate of drug-likeness (QED) is 0.541. The van der Waals surface area contributed by atoms with Crippen LogP contribution in [0, 0.1) is 5.16 Å². The van der Waals surface area contributed by atoms with E-state index in [9.17, 15) is 0 Å². The maximum Gasteiger partial charge on any atom is 0.165 e. The van der Waals surface area contributed by atoms with Gasteiger partial charge in [-0.05, 0) is 0 Å². The van der Waals surface area contributed by atoms with Crippen LogP contribution >= 0.6 is 7.51 Å². The Morgan fingerprint density at radius 3 is 1.69 bits per heavy atom. The van der Waals surface area contributed by atoms with E-state index in [-0.39, 0.29) is 0 Å². The highest BCUT2D eigenvalue weighted by Gasteiger charge is 2.46. The Labute approximate surface area is 80.5 Å². The topological polar surface area (TPSA) is 33.1 Å². The second-order valence-corrected chi connectivity index (χ2v) is 6.45. The van der Waals surface area contributed by atoms with Gasteiger partial charge in [0.25, 0.3) is 0 Å². The van der Waals surface area contributed by atoms with Crippen LogP contribution in [-0.4, -0.2) is 53.3 Å². The van der Waals surface area contributed by atoms with Crippen molar-refractivity contribution in [3.8, 4) is 0 Å². The second-order valence-electron chi connectivity index (χ2n) is 3.61. The van der Waals surface area contributed by atoms with E-state index in [1.54, 1.807) is 0 Å². The minimum absolute atomic E-state index is 1.01. The molecule has 2 aliphatic rings. The van der Waals surface area contributed by atoms with E-state index in [0.717, 1.165) is 39.3 Å². The van der Waals surface area contributed by atoms with Gasteiger partial charge in [0.05, 0.1) is 0 Å². The normalized spacial score (nSPS) is 23.9. The predicted octanol–water partition coefficient (Wildman–Crippen LogP) is 1.48. The zero-order valence-corrected chi connectivity index (χ0v) is 9.43. The van der Waals surface area contributed by atoms with Gasteiger partial charge in [-0.15, -0.1) is 0 Å². The number of hydrogen-bond donors (Lipinski definition) is 1. The van der Waals surface area contributed by atoms with Gasteiger partial charge in [0.15, 0.2) is 7.51 Å². The molecule has 2 fully saturated rings. The zero-order valence-electron chi connectivity index (χ0n) is 8.53. The summed E-state index contributed by atoms with van der Waals surface area (Å²) in [6.45, 7) is 10.9. The van der Waals surface area contributed by atoms with Crippen LogP contribution < -0.4 is 0 Å². The molecule has 0 atom stereocenters. The summed E-state index contributed by atoms with van der Waals surface area (Å²) in [5, 5.41) is 8.60. The summed E-state index contributed by atoms with van der Waals surface area (Å²) >= 11 is 0. The summed E-state index contributed by atoms with van der Waals surface area (Å²) in [4.78, 5) is 0. The van der Waals surface area contributed by atoms with Crippen molar-refractivity contribution in [3.63, 3.8) is 0 Å². The van der Waals surface area contributed by atoms with Crippen LogP contribution in [0.15, 0.2) is 0 Å². The third-order valence-corrected chi connectivity index (χ3v) is 6.49. The Morgan fingerprint density at radius 2 is 1.46 bits per heavy atom. The molecule has 0 aromatic carbocycles. The maximum atomic E-state index is 8.60. The molecular formula is C8H19N4P. The van der Waals surface area contributed by atoms with Crippen molar-refractivity contribution in [2.24, 2.45) is 0 Å². The standard InChI is InChI=1S/C8H19N4P/c1-3-10(4-2)13(9,11-5-6-11)12-7-8-12/h9H,3-8H2,1-2H3. The summed E-state index contributed by atoms with van der Waals surface area (Å²) < 4.78 is 7.02. The minimum atomic E-state index is -1.75. The lowest BCUT2D eigenvalue weighted by molar-refractivity contribution is 0.453. The van der Waals surface area contributed by atoms with Crippen LogP contribution in [0.5, 0.6) is 0 Å². The Balaban J connectivity index is 2.15. The van der Waals surface area contributed by atoms with E-state index in [2.05, 4.69) is 27.9 Å². The minimum Gasteiger partial charge on any atom is -0.277 e. The van der Waals surface area contributed by atoms with Crippen molar-refractivity contribution in [1.82, 2.24) is 14.0 Å². The first-order chi connectivity index (χ1) is 6.23. The van der Waals surface area contributed by atoms with Crippen molar-refractivity contribution < 1.29 is 0 Å². The molecule has 2 aliphatic heterocycles. The van der Waals surface area contributed by atoms with Crippen LogP contribution in [0.2, 0.25) is 0 Å². The molecule has 0 unspecified atom stereocenters. The predicted molar refractivity (Wildman–Crippen MR) is 55.7 cm³/mol. The Morgan fingerprint density at radius 1 is 1.08 bits per heavy atom. The summed E-state index contributed by atoms with van der Waals surface area (Å²) in [7, 11) is -1.75. The monoisotopic (exact) mass is 202 g/mol. The van der Waals surface area contributed by atoms with Gasteiger partial charge in [-0.3, -0.25) is 5.16 Å². The molecule has 0 aromatic rings. The van der Waals surface area contributed by atoms with Gasteiger partial charge in [0.2, 0.25) is 0 Å². The van der Waals surface area contributed by atoms with Crippen molar-refractivity contribution >= 4 is 7.51 Å². The smallest absolute Gasteiger partial charge is 0.165 e. The maximum absolute atomic E-state index is 8.60. The molecule has 0 bridgehead atoms. The molecule has 0 spiro atoms. The molecule has 0 amide bonds. The summed E-state index contributed by atoms with van der Waals surface area (Å²) in [6, 6.07) is 0. The van der Waals surface area contributed by atoms with Crippen molar-refractivity contribution in [1.29, 1.82) is 5.16 Å². The Hall–Kier alpha value is 0.110. The first kappa shape index (κ1) is 9.66. The highest BCUT2D eigenvalue weighted by molar-refractivity contribution is 7.58. The lowest BCUT2D eigenvalue weighted by Crippen LogP contribution is -2.26. The first-order valence-electron chi connectivity index (χ1n) is 5.14. The summed E-state index contributed by atoms with van der Waals surface area (Å²) in [5.41, 5.74) is 0. The molecule has 2 rings (SSSR count). The van der Waals surface area contributed by atoms with Crippen LogP contribution in [0.4, 0.5) is 0 Å². The lowest BCUT2D eigenvalue weighted by atomic mass is 10.7. The molecule has 13 heavy (non-hydrogen) atoms. The van der Waals surface area contributed by atoms with E-state index in [1.165, 1.54) is 0 Å². The molecule has 2 heterocycles. The fourth-order valence-electron chi connectivity index (χ4n) is 1.80. The third-order valence-electron chi connectivity index (χ3n) is 2.76. The fourth-order valence-corrected chi connectivity index (χ4v) is 4.96. The third kappa shape index (κ3) is 1.57. The molecule has 5 heteroatoms. The second kappa shape index (κ2) is 3.35. The van der Waals surface area contributed by atoms with Gasteiger partial charge in [-0.25, -0.2) is 14.0 Å². The Bertz CT molecular complexity index is 214. The SMILES string of the molecule is CCN(CC)P(=N)(N1CC1)N1CC1. The fraction of sp³-hybridized carbons (Fsp3) is 1.00. The van der Waals surface area contributed by atoms with Crippen LogP contribution in [-0.2, 0) is 0 Å².